The molecule has 2 aromatic heterocycles. The number of hydrogen-bond donors (Lipinski definition) is 0. The van der Waals surface area contributed by atoms with Gasteiger partial charge in [0.1, 0.15) is 11.6 Å². The standard InChI is InChI=1S/C18H27N7O2/c1-13(2)17-20-19-16-4-5-22(6-8-24(16)17)11-14-10-15-12-23(18(26)27-3)7-9-25(15)21-14/h10,13H,4-9,11-12H2,1-3H3. The zero-order valence-electron chi connectivity index (χ0n) is 16.3. The molecular formula is C18H27N7O2. The summed E-state index contributed by atoms with van der Waals surface area (Å²) in [6.45, 7) is 9.86. The van der Waals surface area contributed by atoms with Crippen molar-refractivity contribution in [1.29, 1.82) is 0 Å². The number of rotatable bonds is 3. The molecule has 0 aliphatic carbocycles. The minimum atomic E-state index is -0.277. The lowest BCUT2D eigenvalue weighted by Gasteiger charge is -2.26. The molecule has 0 unspecified atom stereocenters. The molecule has 0 saturated carbocycles. The Labute approximate surface area is 158 Å². The van der Waals surface area contributed by atoms with Crippen LogP contribution in [0.5, 0.6) is 0 Å². The van der Waals surface area contributed by atoms with Gasteiger partial charge in [0, 0.05) is 45.1 Å². The van der Waals surface area contributed by atoms with Gasteiger partial charge in [0.2, 0.25) is 0 Å². The molecule has 1 amide bonds. The van der Waals surface area contributed by atoms with Gasteiger partial charge in [-0.05, 0) is 6.07 Å². The molecule has 0 bridgehead atoms. The van der Waals surface area contributed by atoms with Gasteiger partial charge in [-0.15, -0.1) is 10.2 Å². The van der Waals surface area contributed by atoms with Crippen molar-refractivity contribution < 1.29 is 9.53 Å². The predicted molar refractivity (Wildman–Crippen MR) is 98.1 cm³/mol. The first-order valence-corrected chi connectivity index (χ1v) is 9.58. The summed E-state index contributed by atoms with van der Waals surface area (Å²) in [6.07, 6.45) is 0.629. The largest absolute Gasteiger partial charge is 0.453 e. The van der Waals surface area contributed by atoms with Crippen molar-refractivity contribution in [3.8, 4) is 0 Å². The molecule has 0 atom stereocenters. The van der Waals surface area contributed by atoms with Gasteiger partial charge in [0.25, 0.3) is 0 Å². The van der Waals surface area contributed by atoms with E-state index >= 15 is 0 Å². The first-order chi connectivity index (χ1) is 13.0. The summed E-state index contributed by atoms with van der Waals surface area (Å²) in [5.74, 6) is 2.54. The van der Waals surface area contributed by atoms with Crippen molar-refractivity contribution >= 4 is 6.09 Å². The van der Waals surface area contributed by atoms with Crippen LogP contribution in [0.2, 0.25) is 0 Å². The maximum atomic E-state index is 11.7. The lowest BCUT2D eigenvalue weighted by Crippen LogP contribution is -2.38. The Morgan fingerprint density at radius 3 is 2.81 bits per heavy atom. The van der Waals surface area contributed by atoms with Gasteiger partial charge in [-0.2, -0.15) is 5.10 Å². The topological polar surface area (TPSA) is 81.3 Å². The van der Waals surface area contributed by atoms with Crippen LogP contribution >= 0.6 is 0 Å². The molecule has 2 aliphatic heterocycles. The van der Waals surface area contributed by atoms with E-state index in [1.54, 1.807) is 4.90 Å². The van der Waals surface area contributed by atoms with Crippen LogP contribution in [0.15, 0.2) is 6.07 Å². The molecule has 0 aromatic carbocycles. The van der Waals surface area contributed by atoms with Gasteiger partial charge >= 0.3 is 6.09 Å². The van der Waals surface area contributed by atoms with Crippen LogP contribution in [0.1, 0.15) is 42.8 Å². The van der Waals surface area contributed by atoms with Gasteiger partial charge < -0.3 is 14.2 Å². The van der Waals surface area contributed by atoms with Gasteiger partial charge in [-0.1, -0.05) is 13.8 Å². The Morgan fingerprint density at radius 1 is 1.19 bits per heavy atom. The summed E-state index contributed by atoms with van der Waals surface area (Å²) in [5, 5.41) is 13.5. The molecule has 0 spiro atoms. The third-order valence-corrected chi connectivity index (χ3v) is 5.33. The minimum Gasteiger partial charge on any atom is -0.453 e. The van der Waals surface area contributed by atoms with E-state index in [0.29, 0.717) is 25.6 Å². The highest BCUT2D eigenvalue weighted by molar-refractivity contribution is 5.67. The minimum absolute atomic E-state index is 0.277. The molecule has 2 aliphatic rings. The highest BCUT2D eigenvalue weighted by Crippen LogP contribution is 2.19. The highest BCUT2D eigenvalue weighted by atomic mass is 16.5. The number of nitrogens with zero attached hydrogens (tertiary/aromatic N) is 7. The molecule has 0 saturated heterocycles. The quantitative estimate of drug-likeness (QED) is 0.805. The van der Waals surface area contributed by atoms with Crippen molar-refractivity contribution in [3.05, 3.63) is 29.1 Å². The molecule has 2 aromatic rings. The fraction of sp³-hybridized carbons (Fsp3) is 0.667. The van der Waals surface area contributed by atoms with E-state index < -0.39 is 0 Å². The Kier molecular flexibility index (Phi) is 4.86. The molecular weight excluding hydrogens is 346 g/mol. The number of methoxy groups -OCH3 is 1. The second kappa shape index (κ2) is 7.30. The SMILES string of the molecule is COC(=O)N1CCn2nc(CN3CCc4nnc(C(C)C)n4CC3)cc2C1. The van der Waals surface area contributed by atoms with E-state index in [-0.39, 0.29) is 6.09 Å². The fourth-order valence-electron chi connectivity index (χ4n) is 3.89. The third kappa shape index (κ3) is 3.55. The fourth-order valence-corrected chi connectivity index (χ4v) is 3.89. The highest BCUT2D eigenvalue weighted by Gasteiger charge is 2.24. The first kappa shape index (κ1) is 18.0. The predicted octanol–water partition coefficient (Wildman–Crippen LogP) is 1.24. The second-order valence-corrected chi connectivity index (χ2v) is 7.55. The average molecular weight is 373 g/mol. The van der Waals surface area contributed by atoms with E-state index in [4.69, 9.17) is 9.84 Å². The molecule has 146 valence electrons. The molecule has 0 N–H and O–H groups in total. The maximum Gasteiger partial charge on any atom is 0.409 e. The van der Waals surface area contributed by atoms with E-state index in [0.717, 1.165) is 55.6 Å². The number of carbonyl (C=O) groups excluding carboxylic acids is 1. The van der Waals surface area contributed by atoms with Crippen LogP contribution in [-0.4, -0.2) is 67.2 Å². The van der Waals surface area contributed by atoms with Crippen LogP contribution in [0.4, 0.5) is 4.79 Å². The van der Waals surface area contributed by atoms with Crippen molar-refractivity contribution in [2.75, 3.05) is 26.7 Å². The van der Waals surface area contributed by atoms with Crippen molar-refractivity contribution in [1.82, 2.24) is 34.3 Å². The van der Waals surface area contributed by atoms with Crippen molar-refractivity contribution in [3.63, 3.8) is 0 Å². The van der Waals surface area contributed by atoms with Crippen LogP contribution in [0.3, 0.4) is 0 Å². The normalized spacial score (nSPS) is 17.6. The van der Waals surface area contributed by atoms with E-state index in [1.165, 1.54) is 7.11 Å². The van der Waals surface area contributed by atoms with Gasteiger partial charge in [0.05, 0.1) is 31.6 Å². The molecule has 9 heteroatoms. The number of fused-ring (bicyclic) bond motifs is 2. The Bertz CT molecular complexity index is 826. The summed E-state index contributed by atoms with van der Waals surface area (Å²) < 4.78 is 9.12. The molecule has 0 radical (unpaired) electrons. The summed E-state index contributed by atoms with van der Waals surface area (Å²) >= 11 is 0. The molecule has 9 nitrogen and oxygen atoms in total. The average Bonchev–Trinajstić information content (AvgIpc) is 3.20. The van der Waals surface area contributed by atoms with Crippen molar-refractivity contribution in [2.24, 2.45) is 0 Å². The molecule has 0 fully saturated rings. The van der Waals surface area contributed by atoms with Crippen LogP contribution in [0, 0.1) is 0 Å². The summed E-state index contributed by atoms with van der Waals surface area (Å²) in [4.78, 5) is 15.9. The van der Waals surface area contributed by atoms with E-state index in [1.807, 2.05) is 4.68 Å². The first-order valence-electron chi connectivity index (χ1n) is 9.58. The lowest BCUT2D eigenvalue weighted by molar-refractivity contribution is 0.111. The number of carbonyl (C=O) groups is 1. The second-order valence-electron chi connectivity index (χ2n) is 7.55. The van der Waals surface area contributed by atoms with Crippen molar-refractivity contribution in [2.45, 2.75) is 52.4 Å². The third-order valence-electron chi connectivity index (χ3n) is 5.33. The summed E-state index contributed by atoms with van der Waals surface area (Å²) in [6, 6.07) is 2.11. The summed E-state index contributed by atoms with van der Waals surface area (Å²) in [7, 11) is 1.42. The van der Waals surface area contributed by atoms with E-state index in [2.05, 4.69) is 39.6 Å². The van der Waals surface area contributed by atoms with Crippen LogP contribution < -0.4 is 0 Å². The zero-order chi connectivity index (χ0) is 19.0. The molecule has 27 heavy (non-hydrogen) atoms. The van der Waals surface area contributed by atoms with Gasteiger partial charge in [-0.25, -0.2) is 4.79 Å². The number of hydrogen-bond acceptors (Lipinski definition) is 6. The Morgan fingerprint density at radius 2 is 2.04 bits per heavy atom. The van der Waals surface area contributed by atoms with Crippen LogP contribution in [0.25, 0.3) is 0 Å². The van der Waals surface area contributed by atoms with Gasteiger partial charge in [-0.3, -0.25) is 9.58 Å². The number of aromatic nitrogens is 5. The zero-order valence-corrected chi connectivity index (χ0v) is 16.3. The molecule has 4 heterocycles. The Balaban J connectivity index is 1.41. The lowest BCUT2D eigenvalue weighted by atomic mass is 10.2. The Hall–Kier alpha value is -2.42. The smallest absolute Gasteiger partial charge is 0.409 e. The maximum absolute atomic E-state index is 11.7. The van der Waals surface area contributed by atoms with Gasteiger partial charge in [0.15, 0.2) is 0 Å². The summed E-state index contributed by atoms with van der Waals surface area (Å²) in [5.41, 5.74) is 2.12. The molecule has 4 rings (SSSR count). The van der Waals surface area contributed by atoms with E-state index in [9.17, 15) is 4.79 Å². The number of amides is 1. The number of ether oxygens (including phenoxy) is 1. The van der Waals surface area contributed by atoms with Crippen LogP contribution in [-0.2, 0) is 37.3 Å². The monoisotopic (exact) mass is 373 g/mol.